The number of hydrogen-bond donors (Lipinski definition) is 0. The van der Waals surface area contributed by atoms with Gasteiger partial charge in [0.25, 0.3) is 0 Å². The maximum absolute atomic E-state index is 13.5. The first-order chi connectivity index (χ1) is 25.9. The van der Waals surface area contributed by atoms with Crippen LogP contribution in [0.25, 0.3) is 0 Å². The number of hydrogen-bond acceptors (Lipinski definition) is 11. The summed E-state index contributed by atoms with van der Waals surface area (Å²) >= 11 is 0. The van der Waals surface area contributed by atoms with Gasteiger partial charge in [-0.2, -0.15) is 0 Å². The van der Waals surface area contributed by atoms with E-state index in [9.17, 15) is 9.59 Å². The Balaban J connectivity index is 2.06. The zero-order valence-electron chi connectivity index (χ0n) is 33.2. The van der Waals surface area contributed by atoms with Crippen molar-refractivity contribution in [3.8, 4) is 5.75 Å². The zero-order valence-corrected chi connectivity index (χ0v) is 33.2. The predicted octanol–water partition coefficient (Wildman–Crippen LogP) is 7.67. The minimum absolute atomic E-state index is 0.169. The summed E-state index contributed by atoms with van der Waals surface area (Å²) in [6, 6.07) is 17.6. The highest BCUT2D eigenvalue weighted by atomic mass is 16.7. The van der Waals surface area contributed by atoms with E-state index in [0.717, 1.165) is 29.7 Å². The van der Waals surface area contributed by atoms with Crippen LogP contribution < -0.4 is 4.74 Å². The molecule has 0 spiro atoms. The van der Waals surface area contributed by atoms with Gasteiger partial charge in [-0.15, -0.1) is 6.58 Å². The molecule has 1 aliphatic rings. The molecule has 1 aliphatic heterocycles. The van der Waals surface area contributed by atoms with Crippen LogP contribution in [-0.2, 0) is 60.7 Å². The molecule has 1 unspecified atom stereocenters. The summed E-state index contributed by atoms with van der Waals surface area (Å²) in [6.45, 7) is 10.2. The highest BCUT2D eigenvalue weighted by Crippen LogP contribution is 2.49. The molecule has 0 radical (unpaired) electrons. The van der Waals surface area contributed by atoms with Crippen LogP contribution in [0, 0.1) is 5.41 Å². The second kappa shape index (κ2) is 22.5. The number of esters is 2. The smallest absolute Gasteiger partial charge is 0.330 e. The molecule has 11 nitrogen and oxygen atoms in total. The van der Waals surface area contributed by atoms with Gasteiger partial charge in [-0.3, -0.25) is 4.79 Å². The van der Waals surface area contributed by atoms with Gasteiger partial charge >= 0.3 is 11.9 Å². The average Bonchev–Trinajstić information content (AvgIpc) is 3.18. The van der Waals surface area contributed by atoms with Gasteiger partial charge in [-0.25, -0.2) is 4.79 Å². The molecule has 54 heavy (non-hydrogen) atoms. The Bertz CT molecular complexity index is 1480. The Labute approximate surface area is 321 Å². The summed E-state index contributed by atoms with van der Waals surface area (Å²) in [5, 5.41) is 0. The van der Waals surface area contributed by atoms with Crippen molar-refractivity contribution in [2.75, 3.05) is 35.5 Å². The van der Waals surface area contributed by atoms with E-state index >= 15 is 0 Å². The Morgan fingerprint density at radius 1 is 0.944 bits per heavy atom. The van der Waals surface area contributed by atoms with Crippen LogP contribution in [0.1, 0.15) is 70.4 Å². The van der Waals surface area contributed by atoms with Crippen LogP contribution in [0.4, 0.5) is 0 Å². The van der Waals surface area contributed by atoms with Crippen molar-refractivity contribution in [2.24, 2.45) is 5.41 Å². The van der Waals surface area contributed by atoms with E-state index in [1.807, 2.05) is 87.5 Å². The molecule has 1 saturated heterocycles. The van der Waals surface area contributed by atoms with Gasteiger partial charge in [0.2, 0.25) is 5.79 Å². The summed E-state index contributed by atoms with van der Waals surface area (Å²) in [5.41, 5.74) is 1.48. The molecule has 0 amide bonds. The van der Waals surface area contributed by atoms with Crippen molar-refractivity contribution < 1.29 is 52.2 Å². The van der Waals surface area contributed by atoms with Gasteiger partial charge in [-0.1, -0.05) is 68.5 Å². The predicted molar refractivity (Wildman–Crippen MR) is 205 cm³/mol. The molecule has 3 rings (SSSR count). The van der Waals surface area contributed by atoms with Gasteiger partial charge in [0.05, 0.1) is 45.7 Å². The van der Waals surface area contributed by atoms with Gasteiger partial charge in [-0.05, 0) is 67.5 Å². The highest BCUT2D eigenvalue weighted by Gasteiger charge is 2.59. The zero-order chi connectivity index (χ0) is 39.6. The Hall–Kier alpha value is -3.84. The second-order valence-electron chi connectivity index (χ2n) is 13.8. The molecule has 2 aromatic rings. The fourth-order valence-corrected chi connectivity index (χ4v) is 6.43. The van der Waals surface area contributed by atoms with Gasteiger partial charge in [0, 0.05) is 45.7 Å². The molecule has 0 bridgehead atoms. The Morgan fingerprint density at radius 2 is 1.61 bits per heavy atom. The number of carbonyl (C=O) groups excluding carboxylic acids is 2. The number of benzene rings is 2. The van der Waals surface area contributed by atoms with Crippen molar-refractivity contribution in [1.29, 1.82) is 0 Å². The summed E-state index contributed by atoms with van der Waals surface area (Å²) < 4.78 is 53.9. The Kier molecular flexibility index (Phi) is 18.6. The molecule has 2 aromatic carbocycles. The number of carbonyl (C=O) groups is 2. The van der Waals surface area contributed by atoms with Gasteiger partial charge in [0.1, 0.15) is 5.75 Å². The lowest BCUT2D eigenvalue weighted by Crippen LogP contribution is -2.63. The second-order valence-corrected chi connectivity index (χ2v) is 13.8. The van der Waals surface area contributed by atoms with Crippen molar-refractivity contribution in [3.63, 3.8) is 0 Å². The summed E-state index contributed by atoms with van der Waals surface area (Å²) in [6.07, 6.45) is 6.49. The van der Waals surface area contributed by atoms with E-state index in [1.54, 1.807) is 13.2 Å². The molecular weight excluding hydrogens is 692 g/mol. The summed E-state index contributed by atoms with van der Waals surface area (Å²) in [4.78, 5) is 26.4. The first-order valence-corrected chi connectivity index (χ1v) is 18.4. The lowest BCUT2D eigenvalue weighted by atomic mass is 9.74. The fraction of sp³-hybridized carbons (Fsp3) is 0.535. The third kappa shape index (κ3) is 12.9. The quantitative estimate of drug-likeness (QED) is 0.0366. The molecule has 0 N–H and O–H groups in total. The van der Waals surface area contributed by atoms with E-state index in [1.165, 1.54) is 34.5 Å². The number of methoxy groups -OCH3 is 5. The maximum atomic E-state index is 13.5. The van der Waals surface area contributed by atoms with Crippen LogP contribution in [-0.4, -0.2) is 84.0 Å². The summed E-state index contributed by atoms with van der Waals surface area (Å²) in [5.74, 6) is -1.92. The molecule has 0 aromatic heterocycles. The molecular formula is C43H60O11. The SMILES string of the molecule is C=CCCCCC(=O)O[C@H]1C(=CC(=O)OC)C[C@@H](CC(OCc2ccc(OC)cc2)[C@@H](C)OCc2ccccc2)O[C@@]1(OC)C(C)(C)C=CC(OC)OC. The number of allylic oxidation sites excluding steroid dienone is 1. The fourth-order valence-electron chi connectivity index (χ4n) is 6.43. The van der Waals surface area contributed by atoms with E-state index < -0.39 is 47.7 Å². The number of ether oxygens (including phenoxy) is 9. The lowest BCUT2D eigenvalue weighted by molar-refractivity contribution is -0.339. The molecule has 0 aliphatic carbocycles. The topological polar surface area (TPSA) is 117 Å². The van der Waals surface area contributed by atoms with Crippen molar-refractivity contribution in [2.45, 2.75) is 109 Å². The van der Waals surface area contributed by atoms with Crippen LogP contribution in [0.15, 0.2) is 91.1 Å². The third-order valence-corrected chi connectivity index (χ3v) is 9.61. The molecule has 298 valence electrons. The molecule has 1 heterocycles. The minimum Gasteiger partial charge on any atom is -0.497 e. The van der Waals surface area contributed by atoms with E-state index in [0.29, 0.717) is 31.6 Å². The van der Waals surface area contributed by atoms with Gasteiger partial charge < -0.3 is 42.6 Å². The molecule has 1 fully saturated rings. The van der Waals surface area contributed by atoms with Crippen molar-refractivity contribution in [3.05, 3.63) is 102 Å². The molecule has 5 atom stereocenters. The summed E-state index contributed by atoms with van der Waals surface area (Å²) in [7, 11) is 7.50. The standard InChI is InChI=1S/C43H60O11/c1-10-11-12-16-19-38(44)53-41-34(27-39(45)47-6)26-36(54-43(41,50-9)42(3,4)25-24-40(48-7)49-8)28-37(31(2)51-29-32-17-14-13-15-18-32)52-30-33-20-22-35(46-5)23-21-33/h10,13-15,17-18,20-25,27,31,36-37,40-41H,1,11-12,16,19,26,28-30H2,2-9H3/t31-,36+,37?,41+,43-/m1/s1. The van der Waals surface area contributed by atoms with Crippen LogP contribution in [0.2, 0.25) is 0 Å². The van der Waals surface area contributed by atoms with Crippen molar-refractivity contribution >= 4 is 11.9 Å². The van der Waals surface area contributed by atoms with Crippen molar-refractivity contribution in [1.82, 2.24) is 0 Å². The van der Waals surface area contributed by atoms with Crippen LogP contribution in [0.5, 0.6) is 5.75 Å². The largest absolute Gasteiger partial charge is 0.497 e. The van der Waals surface area contributed by atoms with E-state index in [2.05, 4.69) is 6.58 Å². The Morgan fingerprint density at radius 3 is 2.22 bits per heavy atom. The van der Waals surface area contributed by atoms with Crippen LogP contribution >= 0.6 is 0 Å². The number of rotatable bonds is 23. The first kappa shape index (κ1) is 44.6. The van der Waals surface area contributed by atoms with E-state index in [4.69, 9.17) is 42.6 Å². The normalized spacial score (nSPS) is 20.9. The monoisotopic (exact) mass is 752 g/mol. The van der Waals surface area contributed by atoms with Crippen LogP contribution in [0.3, 0.4) is 0 Å². The molecule has 11 heteroatoms. The lowest BCUT2D eigenvalue weighted by Gasteiger charge is -2.53. The average molecular weight is 753 g/mol. The third-order valence-electron chi connectivity index (χ3n) is 9.61. The minimum atomic E-state index is -1.62. The van der Waals surface area contributed by atoms with Gasteiger partial charge in [0.15, 0.2) is 12.4 Å². The highest BCUT2D eigenvalue weighted by molar-refractivity contribution is 5.83. The van der Waals surface area contributed by atoms with E-state index in [-0.39, 0.29) is 18.9 Å². The maximum Gasteiger partial charge on any atom is 0.330 e. The first-order valence-electron chi connectivity index (χ1n) is 18.4. The number of unbranched alkanes of at least 4 members (excludes halogenated alkanes) is 2. The molecule has 0 saturated carbocycles.